The van der Waals surface area contributed by atoms with Crippen molar-refractivity contribution in [1.29, 1.82) is 0 Å². The van der Waals surface area contributed by atoms with Crippen molar-refractivity contribution in [2.75, 3.05) is 19.6 Å². The SMILES string of the molecule is CC(=O)N[C@@H](Cc1ccccc1)C(=O)N[C@@H](CCCCN)C(=O)N1CCC[C@H]1C(=O)N[C@@H](CC(C)C)C(=O)N[C@@H](C)C(=O)N[C@@H](Cc1ccccc1)C(=O)N[C@H](C)C(=O)N[C@@H](CCCN=C(N)N)C(=O)O. The molecule has 71 heavy (non-hydrogen) atoms. The summed E-state index contributed by atoms with van der Waals surface area (Å²) < 4.78 is 0. The maximum absolute atomic E-state index is 14.3. The smallest absolute Gasteiger partial charge is 0.326 e. The first-order valence-corrected chi connectivity index (χ1v) is 24.2. The Bertz CT molecular complexity index is 2140. The van der Waals surface area contributed by atoms with Crippen molar-refractivity contribution in [3.8, 4) is 0 Å². The van der Waals surface area contributed by atoms with Gasteiger partial charge in [-0.3, -0.25) is 43.3 Å². The van der Waals surface area contributed by atoms with E-state index in [2.05, 4.69) is 42.2 Å². The maximum Gasteiger partial charge on any atom is 0.326 e. The van der Waals surface area contributed by atoms with Gasteiger partial charge in [-0.25, -0.2) is 4.79 Å². The van der Waals surface area contributed by atoms with E-state index in [0.29, 0.717) is 31.4 Å². The van der Waals surface area contributed by atoms with E-state index in [0.717, 1.165) is 5.56 Å². The number of likely N-dealkylation sites (tertiary alicyclic amines) is 1. The lowest BCUT2D eigenvalue weighted by atomic mass is 10.0. The minimum absolute atomic E-state index is 0.00602. The van der Waals surface area contributed by atoms with Gasteiger partial charge in [-0.1, -0.05) is 74.5 Å². The molecule has 8 atom stereocenters. The van der Waals surface area contributed by atoms with Crippen LogP contribution in [0.5, 0.6) is 0 Å². The monoisotopic (exact) mass is 991 g/mol. The first-order chi connectivity index (χ1) is 33.7. The largest absolute Gasteiger partial charge is 0.480 e. The highest BCUT2D eigenvalue weighted by Gasteiger charge is 2.40. The molecule has 390 valence electrons. The lowest BCUT2D eigenvalue weighted by molar-refractivity contribution is -0.142. The summed E-state index contributed by atoms with van der Waals surface area (Å²) in [5, 5.41) is 28.2. The molecule has 8 amide bonds. The Labute approximate surface area is 415 Å². The quantitative estimate of drug-likeness (QED) is 0.0271. The number of hydrogen-bond donors (Lipinski definition) is 11. The van der Waals surface area contributed by atoms with E-state index < -0.39 is 102 Å². The minimum Gasteiger partial charge on any atom is -0.480 e. The predicted molar refractivity (Wildman–Crippen MR) is 265 cm³/mol. The van der Waals surface area contributed by atoms with Crippen molar-refractivity contribution >= 4 is 59.2 Å². The summed E-state index contributed by atoms with van der Waals surface area (Å²) in [6.07, 6.45) is 2.63. The number of carbonyl (C=O) groups is 9. The maximum atomic E-state index is 14.3. The minimum atomic E-state index is -1.30. The standard InChI is InChI=1S/C49H74N12O10/c1-29(2)26-37(60-46(68)40-22-15-25-61(40)47(69)35(20-12-13-23-50)57-45(67)38(56-32(5)62)27-33-16-8-6-9-17-33)43(65)54-31(4)42(64)59-39(28-34-18-10-7-11-19-34)44(66)55-30(3)41(63)58-36(48(70)71)21-14-24-53-49(51)52/h6-11,16-19,29-31,35-40H,12-15,20-28,50H2,1-5H3,(H,54,65)(H,55,66)(H,56,62)(H,57,67)(H,58,63)(H,59,64)(H,60,68)(H,70,71)(H4,51,52,53)/t30-,31+,35+,36+,37+,38+,39+,40+/m1/s1. The highest BCUT2D eigenvalue weighted by atomic mass is 16.4. The molecule has 0 aliphatic carbocycles. The zero-order valence-electron chi connectivity index (χ0n) is 41.4. The third-order valence-electron chi connectivity index (χ3n) is 11.7. The van der Waals surface area contributed by atoms with Crippen LogP contribution in [0.1, 0.15) is 97.1 Å². The van der Waals surface area contributed by atoms with Crippen molar-refractivity contribution in [2.45, 2.75) is 147 Å². The average molecular weight is 991 g/mol. The molecule has 0 unspecified atom stereocenters. The number of hydrogen-bond acceptors (Lipinski definition) is 11. The van der Waals surface area contributed by atoms with Crippen molar-refractivity contribution in [3.63, 3.8) is 0 Å². The molecule has 0 aromatic heterocycles. The number of nitrogens with one attached hydrogen (secondary N) is 7. The van der Waals surface area contributed by atoms with Crippen molar-refractivity contribution < 1.29 is 48.3 Å². The summed E-state index contributed by atoms with van der Waals surface area (Å²) in [5.74, 6) is -6.65. The van der Waals surface area contributed by atoms with Gasteiger partial charge in [-0.05, 0) is 88.8 Å². The molecule has 14 N–H and O–H groups in total. The molecular formula is C49H74N12O10. The summed E-state index contributed by atoms with van der Waals surface area (Å²) >= 11 is 0. The van der Waals surface area contributed by atoms with Gasteiger partial charge in [0.2, 0.25) is 47.3 Å². The predicted octanol–water partition coefficient (Wildman–Crippen LogP) is -0.771. The second kappa shape index (κ2) is 29.8. The summed E-state index contributed by atoms with van der Waals surface area (Å²) in [4.78, 5) is 126. The molecule has 0 radical (unpaired) electrons. The zero-order chi connectivity index (χ0) is 52.6. The number of carboxylic acids is 1. The summed E-state index contributed by atoms with van der Waals surface area (Å²) in [6, 6.07) is 8.67. The number of rotatable bonds is 29. The number of nitrogens with two attached hydrogens (primary N) is 3. The normalized spacial score (nSPS) is 16.1. The van der Waals surface area contributed by atoms with E-state index in [1.165, 1.54) is 25.7 Å². The molecule has 0 saturated carbocycles. The summed E-state index contributed by atoms with van der Waals surface area (Å²) in [6.45, 7) is 8.47. The van der Waals surface area contributed by atoms with Crippen LogP contribution in [0.15, 0.2) is 65.7 Å². The number of carbonyl (C=O) groups excluding carboxylic acids is 8. The number of guanidine groups is 1. The van der Waals surface area contributed by atoms with E-state index in [9.17, 15) is 48.3 Å². The number of amides is 8. The van der Waals surface area contributed by atoms with E-state index in [-0.39, 0.29) is 69.9 Å². The average Bonchev–Trinajstić information content (AvgIpc) is 3.82. The molecule has 1 fully saturated rings. The van der Waals surface area contributed by atoms with Crippen molar-refractivity contribution in [1.82, 2.24) is 42.1 Å². The van der Waals surface area contributed by atoms with Crippen LogP contribution in [0.4, 0.5) is 0 Å². The van der Waals surface area contributed by atoms with Gasteiger partial charge in [0.05, 0.1) is 0 Å². The third-order valence-corrected chi connectivity index (χ3v) is 11.7. The van der Waals surface area contributed by atoms with Crippen LogP contribution in [0.25, 0.3) is 0 Å². The fraction of sp³-hybridized carbons (Fsp3) is 0.551. The number of benzene rings is 2. The molecule has 0 spiro atoms. The summed E-state index contributed by atoms with van der Waals surface area (Å²) in [5.41, 5.74) is 17.9. The molecule has 1 saturated heterocycles. The third kappa shape index (κ3) is 20.4. The van der Waals surface area contributed by atoms with E-state index in [4.69, 9.17) is 17.2 Å². The van der Waals surface area contributed by atoms with Crippen LogP contribution < -0.4 is 54.4 Å². The fourth-order valence-corrected chi connectivity index (χ4v) is 7.97. The van der Waals surface area contributed by atoms with Crippen LogP contribution in [0.3, 0.4) is 0 Å². The lowest BCUT2D eigenvalue weighted by Crippen LogP contribution is -2.59. The highest BCUT2D eigenvalue weighted by molar-refractivity contribution is 5.98. The van der Waals surface area contributed by atoms with Gasteiger partial charge in [0, 0.05) is 32.9 Å². The molecule has 3 rings (SSSR count). The molecule has 1 heterocycles. The van der Waals surface area contributed by atoms with E-state index >= 15 is 0 Å². The second-order valence-electron chi connectivity index (χ2n) is 18.2. The number of nitrogens with zero attached hydrogens (tertiary/aromatic N) is 2. The van der Waals surface area contributed by atoms with Gasteiger partial charge >= 0.3 is 5.97 Å². The number of aliphatic imine (C=N–C) groups is 1. The van der Waals surface area contributed by atoms with Gasteiger partial charge in [-0.15, -0.1) is 0 Å². The number of carboxylic acid groups (broad SMARTS) is 1. The Hall–Kier alpha value is -7.10. The Morgan fingerprint density at radius 3 is 1.63 bits per heavy atom. The molecule has 2 aromatic carbocycles. The molecule has 22 heteroatoms. The van der Waals surface area contributed by atoms with Crippen LogP contribution >= 0.6 is 0 Å². The Balaban J connectivity index is 1.73. The van der Waals surface area contributed by atoms with Crippen LogP contribution in [-0.2, 0) is 56.0 Å². The fourth-order valence-electron chi connectivity index (χ4n) is 7.97. The molecular weight excluding hydrogens is 917 g/mol. The zero-order valence-corrected chi connectivity index (χ0v) is 41.4. The van der Waals surface area contributed by atoms with Gasteiger partial charge in [-0.2, -0.15) is 0 Å². The van der Waals surface area contributed by atoms with Gasteiger partial charge in [0.25, 0.3) is 0 Å². The first kappa shape index (κ1) is 58.2. The van der Waals surface area contributed by atoms with Crippen LogP contribution in [0.2, 0.25) is 0 Å². The number of aliphatic carboxylic acids is 1. The van der Waals surface area contributed by atoms with E-state index in [1.54, 1.807) is 30.3 Å². The van der Waals surface area contributed by atoms with Gasteiger partial charge in [0.1, 0.15) is 48.3 Å². The summed E-state index contributed by atoms with van der Waals surface area (Å²) in [7, 11) is 0. The second-order valence-corrected chi connectivity index (χ2v) is 18.2. The molecule has 22 nitrogen and oxygen atoms in total. The topological polar surface area (TPSA) is 352 Å². The molecule has 2 aromatic rings. The lowest BCUT2D eigenvalue weighted by Gasteiger charge is -2.31. The van der Waals surface area contributed by atoms with Gasteiger partial charge < -0.3 is 64.4 Å². The Kier molecular flexibility index (Phi) is 24.5. The highest BCUT2D eigenvalue weighted by Crippen LogP contribution is 2.21. The van der Waals surface area contributed by atoms with Crippen molar-refractivity contribution in [3.05, 3.63) is 71.8 Å². The van der Waals surface area contributed by atoms with Gasteiger partial charge in [0.15, 0.2) is 5.96 Å². The number of unbranched alkanes of at least 4 members (excludes halogenated alkanes) is 1. The molecule has 1 aliphatic heterocycles. The molecule has 0 bridgehead atoms. The van der Waals surface area contributed by atoms with Crippen LogP contribution in [-0.4, -0.2) is 137 Å². The Morgan fingerprint density at radius 2 is 1.13 bits per heavy atom. The van der Waals surface area contributed by atoms with Crippen LogP contribution in [0, 0.1) is 5.92 Å². The first-order valence-electron chi connectivity index (χ1n) is 24.2. The van der Waals surface area contributed by atoms with Crippen molar-refractivity contribution in [2.24, 2.45) is 28.1 Å². The molecule has 1 aliphatic rings. The Morgan fingerprint density at radius 1 is 0.634 bits per heavy atom. The van der Waals surface area contributed by atoms with E-state index in [1.807, 2.05) is 44.2 Å².